The average Bonchev–Trinajstić information content (AvgIpc) is 2.86. The molecular formula is C22H28FN3O2. The van der Waals surface area contributed by atoms with Crippen LogP contribution >= 0.6 is 0 Å². The Balaban J connectivity index is 1.79. The number of benzene rings is 1. The molecule has 1 N–H and O–H groups in total. The standard InChI is InChI=1S/C22H28FN3O2/c1-15(2)20-14-26(22(28)19-12-24-16(3)11-21(19)27)10-4-9-25(20)13-17-5-7-18(23)8-6-17/h5-8,11-12,15,20H,4,9-10,13-14H2,1-3H3,(H,24,27)/t20-/m1/s1. The number of carbonyl (C=O) groups excluding carboxylic acids is 1. The minimum Gasteiger partial charge on any atom is -0.364 e. The monoisotopic (exact) mass is 385 g/mol. The number of amides is 1. The molecule has 1 aliphatic heterocycles. The van der Waals surface area contributed by atoms with Gasteiger partial charge in [0.25, 0.3) is 5.91 Å². The lowest BCUT2D eigenvalue weighted by Crippen LogP contribution is -2.46. The van der Waals surface area contributed by atoms with Crippen LogP contribution < -0.4 is 5.43 Å². The van der Waals surface area contributed by atoms with Crippen LogP contribution in [0.15, 0.2) is 41.3 Å². The first-order valence-corrected chi connectivity index (χ1v) is 9.82. The molecule has 1 aliphatic rings. The lowest BCUT2D eigenvalue weighted by Gasteiger charge is -2.34. The summed E-state index contributed by atoms with van der Waals surface area (Å²) in [5, 5.41) is 0. The van der Waals surface area contributed by atoms with Crippen LogP contribution in [0.3, 0.4) is 0 Å². The van der Waals surface area contributed by atoms with Crippen LogP contribution in [0.25, 0.3) is 0 Å². The van der Waals surface area contributed by atoms with Gasteiger partial charge in [0.2, 0.25) is 0 Å². The zero-order valence-corrected chi connectivity index (χ0v) is 16.7. The van der Waals surface area contributed by atoms with Gasteiger partial charge >= 0.3 is 0 Å². The maximum absolute atomic E-state index is 13.2. The Kier molecular flexibility index (Phi) is 6.29. The lowest BCUT2D eigenvalue weighted by molar-refractivity contribution is 0.0700. The zero-order valence-electron chi connectivity index (χ0n) is 16.7. The van der Waals surface area contributed by atoms with Crippen molar-refractivity contribution in [1.82, 2.24) is 14.8 Å². The van der Waals surface area contributed by atoms with E-state index in [2.05, 4.69) is 23.7 Å². The molecule has 0 unspecified atom stereocenters. The number of pyridine rings is 1. The molecule has 1 fully saturated rings. The molecule has 1 amide bonds. The first-order chi connectivity index (χ1) is 13.3. The Bertz CT molecular complexity index is 876. The van der Waals surface area contributed by atoms with E-state index in [0.29, 0.717) is 19.0 Å². The van der Waals surface area contributed by atoms with E-state index >= 15 is 0 Å². The first-order valence-electron chi connectivity index (χ1n) is 9.82. The summed E-state index contributed by atoms with van der Waals surface area (Å²) in [6, 6.07) is 8.22. The summed E-state index contributed by atoms with van der Waals surface area (Å²) >= 11 is 0. The molecule has 1 atom stereocenters. The van der Waals surface area contributed by atoms with Gasteiger partial charge in [0.1, 0.15) is 11.4 Å². The molecule has 2 heterocycles. The second kappa shape index (κ2) is 8.69. The average molecular weight is 385 g/mol. The minimum absolute atomic E-state index is 0.168. The topological polar surface area (TPSA) is 56.4 Å². The van der Waals surface area contributed by atoms with E-state index in [0.717, 1.165) is 30.8 Å². The van der Waals surface area contributed by atoms with Gasteiger partial charge in [-0.1, -0.05) is 26.0 Å². The summed E-state index contributed by atoms with van der Waals surface area (Å²) in [4.78, 5) is 32.4. The fourth-order valence-electron chi connectivity index (χ4n) is 3.81. The molecule has 1 aromatic carbocycles. The lowest BCUT2D eigenvalue weighted by atomic mass is 10.0. The number of aromatic nitrogens is 1. The largest absolute Gasteiger partial charge is 0.364 e. The Morgan fingerprint density at radius 2 is 1.96 bits per heavy atom. The van der Waals surface area contributed by atoms with Crippen molar-refractivity contribution < 1.29 is 9.18 Å². The number of nitrogens with one attached hydrogen (secondary N) is 1. The zero-order chi connectivity index (χ0) is 20.3. The van der Waals surface area contributed by atoms with Crippen molar-refractivity contribution in [2.24, 2.45) is 5.92 Å². The van der Waals surface area contributed by atoms with Crippen molar-refractivity contribution >= 4 is 5.91 Å². The van der Waals surface area contributed by atoms with Gasteiger partial charge in [-0.3, -0.25) is 14.5 Å². The molecule has 150 valence electrons. The van der Waals surface area contributed by atoms with Crippen LogP contribution in [0, 0.1) is 18.7 Å². The van der Waals surface area contributed by atoms with Crippen molar-refractivity contribution in [1.29, 1.82) is 0 Å². The van der Waals surface area contributed by atoms with Crippen LogP contribution in [0.4, 0.5) is 4.39 Å². The highest BCUT2D eigenvalue weighted by molar-refractivity contribution is 5.93. The molecule has 0 spiro atoms. The van der Waals surface area contributed by atoms with Crippen LogP contribution in [-0.4, -0.2) is 46.4 Å². The summed E-state index contributed by atoms with van der Waals surface area (Å²) in [6.07, 6.45) is 2.35. The van der Waals surface area contributed by atoms with Gasteiger partial charge in [-0.2, -0.15) is 0 Å². The minimum atomic E-state index is -0.241. The van der Waals surface area contributed by atoms with Crippen molar-refractivity contribution in [3.63, 3.8) is 0 Å². The number of aryl methyl sites for hydroxylation is 1. The van der Waals surface area contributed by atoms with Gasteiger partial charge in [0, 0.05) is 50.2 Å². The third-order valence-electron chi connectivity index (χ3n) is 5.39. The second-order valence-electron chi connectivity index (χ2n) is 7.91. The van der Waals surface area contributed by atoms with E-state index in [1.807, 2.05) is 12.1 Å². The van der Waals surface area contributed by atoms with E-state index in [-0.39, 0.29) is 28.8 Å². The third kappa shape index (κ3) is 4.68. The number of hydrogen-bond donors (Lipinski definition) is 1. The van der Waals surface area contributed by atoms with E-state index in [1.54, 1.807) is 11.8 Å². The summed E-state index contributed by atoms with van der Waals surface area (Å²) in [7, 11) is 0. The van der Waals surface area contributed by atoms with Crippen LogP contribution in [0.1, 0.15) is 41.9 Å². The molecule has 3 rings (SSSR count). The normalized spacial score (nSPS) is 18.3. The van der Waals surface area contributed by atoms with E-state index in [9.17, 15) is 14.0 Å². The quantitative estimate of drug-likeness (QED) is 0.879. The van der Waals surface area contributed by atoms with Crippen molar-refractivity contribution in [3.05, 3.63) is 69.4 Å². The number of aromatic amines is 1. The van der Waals surface area contributed by atoms with Gasteiger partial charge < -0.3 is 9.88 Å². The first kappa shape index (κ1) is 20.3. The van der Waals surface area contributed by atoms with Crippen LogP contribution in [-0.2, 0) is 6.54 Å². The van der Waals surface area contributed by atoms with E-state index in [1.165, 1.54) is 24.4 Å². The number of nitrogens with zero attached hydrogens (tertiary/aromatic N) is 2. The van der Waals surface area contributed by atoms with Gasteiger partial charge in [-0.05, 0) is 37.0 Å². The van der Waals surface area contributed by atoms with Gasteiger partial charge in [-0.25, -0.2) is 4.39 Å². The molecule has 1 aromatic heterocycles. The van der Waals surface area contributed by atoms with Crippen LogP contribution in [0.2, 0.25) is 0 Å². The molecule has 0 bridgehead atoms. The SMILES string of the molecule is Cc1cc(=O)c(C(=O)N2CCCN(Cc3ccc(F)cc3)[C@@H](C(C)C)C2)c[nH]1. The van der Waals surface area contributed by atoms with Crippen LogP contribution in [0.5, 0.6) is 0 Å². The number of H-pyrrole nitrogens is 1. The highest BCUT2D eigenvalue weighted by atomic mass is 19.1. The van der Waals surface area contributed by atoms with Gasteiger partial charge in [-0.15, -0.1) is 0 Å². The summed E-state index contributed by atoms with van der Waals surface area (Å²) in [5.41, 5.74) is 1.75. The summed E-state index contributed by atoms with van der Waals surface area (Å²) < 4.78 is 13.2. The predicted molar refractivity (Wildman–Crippen MR) is 108 cm³/mol. The molecular weight excluding hydrogens is 357 g/mol. The molecule has 2 aromatic rings. The fraction of sp³-hybridized carbons (Fsp3) is 0.455. The van der Waals surface area contributed by atoms with Gasteiger partial charge in [0.15, 0.2) is 5.43 Å². The molecule has 0 saturated carbocycles. The molecule has 1 saturated heterocycles. The smallest absolute Gasteiger partial charge is 0.259 e. The van der Waals surface area contributed by atoms with Gasteiger partial charge in [0.05, 0.1) is 0 Å². The summed E-state index contributed by atoms with van der Waals surface area (Å²) in [5.74, 6) is -0.110. The molecule has 0 radical (unpaired) electrons. The van der Waals surface area contributed by atoms with Crippen molar-refractivity contribution in [2.45, 2.75) is 39.8 Å². The second-order valence-corrected chi connectivity index (χ2v) is 7.91. The van der Waals surface area contributed by atoms with Crippen molar-refractivity contribution in [2.75, 3.05) is 19.6 Å². The molecule has 6 heteroatoms. The van der Waals surface area contributed by atoms with E-state index < -0.39 is 0 Å². The highest BCUT2D eigenvalue weighted by Gasteiger charge is 2.30. The molecule has 28 heavy (non-hydrogen) atoms. The maximum atomic E-state index is 13.2. The number of rotatable bonds is 4. The Morgan fingerprint density at radius 3 is 2.61 bits per heavy atom. The van der Waals surface area contributed by atoms with E-state index in [4.69, 9.17) is 0 Å². The number of halogens is 1. The number of hydrogen-bond acceptors (Lipinski definition) is 3. The Labute approximate surface area is 165 Å². The highest BCUT2D eigenvalue weighted by Crippen LogP contribution is 2.21. The molecule has 0 aliphatic carbocycles. The summed E-state index contributed by atoms with van der Waals surface area (Å²) in [6.45, 7) is 8.86. The maximum Gasteiger partial charge on any atom is 0.259 e. The fourth-order valence-corrected chi connectivity index (χ4v) is 3.81. The Morgan fingerprint density at radius 1 is 1.25 bits per heavy atom. The Hall–Kier alpha value is -2.47. The predicted octanol–water partition coefficient (Wildman–Crippen LogP) is 3.20. The number of carbonyl (C=O) groups is 1. The molecule has 5 nitrogen and oxygen atoms in total. The third-order valence-corrected chi connectivity index (χ3v) is 5.39. The van der Waals surface area contributed by atoms with Crippen molar-refractivity contribution in [3.8, 4) is 0 Å².